The summed E-state index contributed by atoms with van der Waals surface area (Å²) in [5, 5.41) is 11.4. The number of fused-ring (bicyclic) bond motifs is 5. The second-order valence-electron chi connectivity index (χ2n) is 10.2. The molecule has 6 heteroatoms. The lowest BCUT2D eigenvalue weighted by molar-refractivity contribution is -0.162. The molecule has 7 atom stereocenters. The Bertz CT molecular complexity index is 847. The minimum Gasteiger partial charge on any atom is -0.458 e. The van der Waals surface area contributed by atoms with Gasteiger partial charge in [-0.05, 0) is 61.5 Å². The highest BCUT2D eigenvalue weighted by Gasteiger charge is 2.67. The molecular formula is C24H33NO5. The molecule has 0 bridgehead atoms. The first-order valence-corrected chi connectivity index (χ1v) is 11.1. The third-order valence-corrected chi connectivity index (χ3v) is 9.15. The van der Waals surface area contributed by atoms with Crippen LogP contribution < -0.4 is 5.73 Å². The van der Waals surface area contributed by atoms with Crippen molar-refractivity contribution in [1.29, 1.82) is 0 Å². The first-order chi connectivity index (χ1) is 14.1. The quantitative estimate of drug-likeness (QED) is 0.683. The minimum absolute atomic E-state index is 0.0233. The van der Waals surface area contributed by atoms with Crippen molar-refractivity contribution >= 4 is 17.5 Å². The molecule has 4 rings (SSSR count). The highest BCUT2D eigenvalue weighted by molar-refractivity contribution is 6.01. The van der Waals surface area contributed by atoms with E-state index in [-0.39, 0.29) is 47.9 Å². The number of ether oxygens (including phenoxy) is 1. The van der Waals surface area contributed by atoms with E-state index in [2.05, 4.69) is 13.8 Å². The van der Waals surface area contributed by atoms with Crippen molar-refractivity contribution in [2.75, 3.05) is 13.2 Å². The maximum atomic E-state index is 13.3. The molecule has 3 N–H and O–H groups in total. The van der Waals surface area contributed by atoms with Crippen molar-refractivity contribution in [3.8, 4) is 0 Å². The van der Waals surface area contributed by atoms with Crippen LogP contribution in [0.15, 0.2) is 23.8 Å². The number of hydrogen-bond acceptors (Lipinski definition) is 6. The van der Waals surface area contributed by atoms with Gasteiger partial charge in [0.25, 0.3) is 0 Å². The van der Waals surface area contributed by atoms with Crippen LogP contribution >= 0.6 is 0 Å². The van der Waals surface area contributed by atoms with E-state index in [4.69, 9.17) is 10.5 Å². The largest absolute Gasteiger partial charge is 0.458 e. The minimum atomic E-state index is -0.783. The van der Waals surface area contributed by atoms with Crippen LogP contribution in [0, 0.1) is 34.0 Å². The number of nitrogens with two attached hydrogens (primary N) is 1. The molecule has 0 aromatic carbocycles. The predicted molar refractivity (Wildman–Crippen MR) is 111 cm³/mol. The van der Waals surface area contributed by atoms with Crippen molar-refractivity contribution in [1.82, 2.24) is 0 Å². The summed E-state index contributed by atoms with van der Waals surface area (Å²) in [5.41, 5.74) is 5.80. The molecule has 0 heterocycles. The zero-order chi connectivity index (χ0) is 21.9. The molecule has 0 unspecified atom stereocenters. The molecule has 3 fully saturated rings. The lowest BCUT2D eigenvalue weighted by Gasteiger charge is -2.60. The van der Waals surface area contributed by atoms with E-state index < -0.39 is 22.9 Å². The summed E-state index contributed by atoms with van der Waals surface area (Å²) in [7, 11) is 0. The average Bonchev–Trinajstić information content (AvgIpc) is 2.99. The molecule has 0 aromatic rings. The summed E-state index contributed by atoms with van der Waals surface area (Å²) in [6, 6.07) is 0. The van der Waals surface area contributed by atoms with Gasteiger partial charge in [-0.15, -0.1) is 0 Å². The monoisotopic (exact) mass is 415 g/mol. The van der Waals surface area contributed by atoms with E-state index in [9.17, 15) is 19.5 Å². The summed E-state index contributed by atoms with van der Waals surface area (Å²) in [6.07, 6.45) is 8.56. The fraction of sp³-hybridized carbons (Fsp3) is 0.708. The Morgan fingerprint density at radius 3 is 2.70 bits per heavy atom. The van der Waals surface area contributed by atoms with Crippen molar-refractivity contribution in [2.24, 2.45) is 39.7 Å². The third kappa shape index (κ3) is 2.79. The van der Waals surface area contributed by atoms with Gasteiger partial charge in [0.2, 0.25) is 0 Å². The van der Waals surface area contributed by atoms with Gasteiger partial charge >= 0.3 is 5.97 Å². The standard InChI is InChI=1S/C24H33NO5/c1-14(26)30-12-20(29)24(13-25)9-7-18-17-5-4-15-10-16(27)6-8-22(15,2)21(17)19(28)11-23(18,24)3/h6,8,10,17-19,21,28H,4-5,7,9,11-13,25H2,1-3H3/t17-,18-,19-,21+,22-,23-,24-/m0/s1. The fourth-order valence-electron chi connectivity index (χ4n) is 7.66. The van der Waals surface area contributed by atoms with Crippen LogP contribution in [0.4, 0.5) is 0 Å². The van der Waals surface area contributed by atoms with Crippen molar-refractivity contribution in [2.45, 2.75) is 59.0 Å². The Kier molecular flexibility index (Phi) is 5.09. The van der Waals surface area contributed by atoms with Crippen LogP contribution in [0.2, 0.25) is 0 Å². The summed E-state index contributed by atoms with van der Waals surface area (Å²) in [4.78, 5) is 36.5. The van der Waals surface area contributed by atoms with Gasteiger partial charge in [-0.1, -0.05) is 25.5 Å². The Morgan fingerprint density at radius 1 is 1.30 bits per heavy atom. The number of allylic oxidation sites excluding steroid dienone is 4. The molecule has 4 aliphatic carbocycles. The number of aliphatic hydroxyl groups is 1. The Labute approximate surface area is 177 Å². The molecular weight excluding hydrogens is 382 g/mol. The molecule has 0 aliphatic heterocycles. The van der Waals surface area contributed by atoms with Crippen LogP contribution in [0.25, 0.3) is 0 Å². The maximum absolute atomic E-state index is 13.3. The molecule has 30 heavy (non-hydrogen) atoms. The number of rotatable bonds is 4. The number of esters is 1. The van der Waals surface area contributed by atoms with Gasteiger partial charge in [0, 0.05) is 24.8 Å². The van der Waals surface area contributed by atoms with E-state index in [1.807, 2.05) is 6.08 Å². The molecule has 4 aliphatic rings. The lowest BCUT2D eigenvalue weighted by Crippen LogP contribution is -2.60. The zero-order valence-electron chi connectivity index (χ0n) is 18.1. The zero-order valence-corrected chi connectivity index (χ0v) is 18.1. The molecule has 164 valence electrons. The number of Topliss-reactive ketones (excluding diaryl/α,β-unsaturated/α-hetero) is 1. The Hall–Kier alpha value is -1.79. The van der Waals surface area contributed by atoms with E-state index in [1.54, 1.807) is 12.2 Å². The van der Waals surface area contributed by atoms with E-state index in [0.717, 1.165) is 24.8 Å². The van der Waals surface area contributed by atoms with Crippen molar-refractivity contribution in [3.63, 3.8) is 0 Å². The fourth-order valence-corrected chi connectivity index (χ4v) is 7.66. The second-order valence-corrected chi connectivity index (χ2v) is 10.2. The lowest BCUT2D eigenvalue weighted by atomic mass is 9.44. The SMILES string of the molecule is CC(=O)OCC(=O)[C@@]1(CN)CC[C@H]2[C@@H]3CCC4=CC(=O)C=C[C@]4(C)[C@H]3[C@@H](O)C[C@@]21C. The van der Waals surface area contributed by atoms with Crippen LogP contribution in [0.5, 0.6) is 0 Å². The highest BCUT2D eigenvalue weighted by atomic mass is 16.5. The maximum Gasteiger partial charge on any atom is 0.303 e. The molecule has 0 amide bonds. The van der Waals surface area contributed by atoms with E-state index in [0.29, 0.717) is 12.8 Å². The normalized spacial score (nSPS) is 44.6. The number of hydrogen-bond donors (Lipinski definition) is 2. The third-order valence-electron chi connectivity index (χ3n) is 9.15. The van der Waals surface area contributed by atoms with Gasteiger partial charge in [-0.25, -0.2) is 0 Å². The Morgan fingerprint density at radius 2 is 2.03 bits per heavy atom. The van der Waals surface area contributed by atoms with Crippen molar-refractivity contribution in [3.05, 3.63) is 23.8 Å². The summed E-state index contributed by atoms with van der Waals surface area (Å²) in [5.74, 6) is -0.0280. The van der Waals surface area contributed by atoms with Gasteiger partial charge < -0.3 is 15.6 Å². The number of aliphatic hydroxyl groups excluding tert-OH is 1. The van der Waals surface area contributed by atoms with Crippen molar-refractivity contribution < 1.29 is 24.2 Å². The van der Waals surface area contributed by atoms with Gasteiger partial charge in [0.05, 0.1) is 11.5 Å². The van der Waals surface area contributed by atoms with Gasteiger partial charge in [-0.3, -0.25) is 14.4 Å². The number of carbonyl (C=O) groups is 3. The molecule has 0 radical (unpaired) electrons. The Balaban J connectivity index is 1.69. The average molecular weight is 416 g/mol. The summed E-state index contributed by atoms with van der Waals surface area (Å²) < 4.78 is 5.04. The number of carbonyl (C=O) groups excluding carboxylic acids is 3. The molecule has 0 saturated heterocycles. The summed E-state index contributed by atoms with van der Waals surface area (Å²) >= 11 is 0. The first kappa shape index (κ1) is 21.4. The predicted octanol–water partition coefficient (Wildman–Crippen LogP) is 2.34. The summed E-state index contributed by atoms with van der Waals surface area (Å²) in [6.45, 7) is 5.49. The van der Waals surface area contributed by atoms with Gasteiger partial charge in [-0.2, -0.15) is 0 Å². The molecule has 6 nitrogen and oxygen atoms in total. The van der Waals surface area contributed by atoms with Crippen LogP contribution in [-0.2, 0) is 19.1 Å². The topological polar surface area (TPSA) is 107 Å². The van der Waals surface area contributed by atoms with Crippen LogP contribution in [0.1, 0.15) is 52.9 Å². The van der Waals surface area contributed by atoms with E-state index in [1.165, 1.54) is 6.92 Å². The van der Waals surface area contributed by atoms with Gasteiger partial charge in [0.1, 0.15) is 0 Å². The first-order valence-electron chi connectivity index (χ1n) is 11.1. The highest BCUT2D eigenvalue weighted by Crippen LogP contribution is 2.69. The smallest absolute Gasteiger partial charge is 0.303 e. The van der Waals surface area contributed by atoms with Crippen LogP contribution in [0.3, 0.4) is 0 Å². The van der Waals surface area contributed by atoms with E-state index >= 15 is 0 Å². The van der Waals surface area contributed by atoms with Gasteiger partial charge in [0.15, 0.2) is 18.2 Å². The molecule has 0 aromatic heterocycles. The molecule has 3 saturated carbocycles. The number of ketones is 2. The van der Waals surface area contributed by atoms with Crippen LogP contribution in [-0.4, -0.2) is 41.9 Å². The molecule has 0 spiro atoms. The second kappa shape index (κ2) is 7.13.